The third-order valence-corrected chi connectivity index (χ3v) is 0.647. The van der Waals surface area contributed by atoms with Crippen LogP contribution in [0, 0.1) is 0 Å². The van der Waals surface area contributed by atoms with Crippen molar-refractivity contribution in [3.8, 4) is 0 Å². The summed E-state index contributed by atoms with van der Waals surface area (Å²) >= 11 is 5.16. The highest BCUT2D eigenvalue weighted by molar-refractivity contribution is 6.29. The van der Waals surface area contributed by atoms with Gasteiger partial charge in [0.05, 0.1) is 6.54 Å². The van der Waals surface area contributed by atoms with E-state index in [0.717, 1.165) is 0 Å². The molecule has 0 unspecified atom stereocenters. The van der Waals surface area contributed by atoms with Crippen LogP contribution in [0.5, 0.6) is 0 Å². The standard InChI is InChI=1S/C3H6ClNO.C2HF3O2/c1-3(4)2-5-6;3-2(4,5)1(6)7/h5-6H,1-2H2;(H,6,7). The van der Waals surface area contributed by atoms with Gasteiger partial charge in [-0.1, -0.05) is 18.2 Å². The molecule has 0 saturated heterocycles. The predicted molar refractivity (Wildman–Crippen MR) is 38.5 cm³/mol. The number of rotatable bonds is 2. The molecule has 0 aliphatic rings. The number of carboxylic acid groups (broad SMARTS) is 1. The first-order valence-electron chi connectivity index (χ1n) is 2.72. The van der Waals surface area contributed by atoms with Crippen LogP contribution in [0.4, 0.5) is 13.2 Å². The fraction of sp³-hybridized carbons (Fsp3) is 0.400. The Morgan fingerprint density at radius 3 is 1.85 bits per heavy atom. The van der Waals surface area contributed by atoms with E-state index in [4.69, 9.17) is 26.7 Å². The molecule has 0 saturated carbocycles. The number of hydrogen-bond donors (Lipinski definition) is 3. The summed E-state index contributed by atoms with van der Waals surface area (Å²) in [7, 11) is 0. The van der Waals surface area contributed by atoms with E-state index < -0.39 is 12.1 Å². The molecular weight excluding hydrogens is 215 g/mol. The Balaban J connectivity index is 0. The zero-order valence-corrected chi connectivity index (χ0v) is 6.98. The average Bonchev–Trinajstić information content (AvgIpc) is 1.85. The Morgan fingerprint density at radius 2 is 1.85 bits per heavy atom. The summed E-state index contributed by atoms with van der Waals surface area (Å²) in [5.41, 5.74) is 1.84. The molecule has 4 nitrogen and oxygen atoms in total. The molecule has 0 bridgehead atoms. The molecule has 0 atom stereocenters. The van der Waals surface area contributed by atoms with E-state index in [-0.39, 0.29) is 6.54 Å². The van der Waals surface area contributed by atoms with E-state index in [2.05, 4.69) is 6.58 Å². The van der Waals surface area contributed by atoms with E-state index in [0.29, 0.717) is 5.03 Å². The van der Waals surface area contributed by atoms with E-state index in [9.17, 15) is 13.2 Å². The maximum Gasteiger partial charge on any atom is 0.490 e. The van der Waals surface area contributed by atoms with Crippen molar-refractivity contribution in [2.24, 2.45) is 0 Å². The fourth-order valence-corrected chi connectivity index (χ4v) is 0.146. The Hall–Kier alpha value is -0.790. The molecular formula is C5H7ClF3NO3. The minimum absolute atomic E-state index is 0.252. The zero-order valence-electron chi connectivity index (χ0n) is 6.23. The number of alkyl halides is 3. The van der Waals surface area contributed by atoms with Crippen LogP contribution in [0.2, 0.25) is 0 Å². The van der Waals surface area contributed by atoms with Gasteiger partial charge in [0.25, 0.3) is 0 Å². The molecule has 0 amide bonds. The van der Waals surface area contributed by atoms with Crippen LogP contribution in [0.15, 0.2) is 11.6 Å². The lowest BCUT2D eigenvalue weighted by Gasteiger charge is -1.93. The summed E-state index contributed by atoms with van der Waals surface area (Å²) in [6.45, 7) is 3.54. The molecule has 3 N–H and O–H groups in total. The third-order valence-electron chi connectivity index (χ3n) is 0.513. The molecule has 0 radical (unpaired) electrons. The van der Waals surface area contributed by atoms with Crippen molar-refractivity contribution >= 4 is 17.6 Å². The fourth-order valence-electron chi connectivity index (χ4n) is 0.0858. The van der Waals surface area contributed by atoms with Gasteiger partial charge in [-0.3, -0.25) is 0 Å². The number of aliphatic carboxylic acids is 1. The van der Waals surface area contributed by atoms with Gasteiger partial charge < -0.3 is 10.3 Å². The molecule has 0 aromatic rings. The van der Waals surface area contributed by atoms with Crippen LogP contribution in [-0.4, -0.2) is 29.0 Å². The SMILES string of the molecule is C=C(Cl)CNO.O=C(O)C(F)(F)F. The van der Waals surface area contributed by atoms with E-state index in [1.807, 2.05) is 5.48 Å². The normalized spacial score (nSPS) is 9.92. The Kier molecular flexibility index (Phi) is 7.58. The third kappa shape index (κ3) is 14.1. The van der Waals surface area contributed by atoms with Crippen molar-refractivity contribution in [2.45, 2.75) is 6.18 Å². The molecule has 0 aromatic heterocycles. The van der Waals surface area contributed by atoms with Crippen molar-refractivity contribution in [3.05, 3.63) is 11.6 Å². The van der Waals surface area contributed by atoms with E-state index in [1.165, 1.54) is 0 Å². The lowest BCUT2D eigenvalue weighted by atomic mass is 10.6. The highest BCUT2D eigenvalue weighted by Gasteiger charge is 2.38. The first kappa shape index (κ1) is 14.7. The maximum absolute atomic E-state index is 10.6. The topological polar surface area (TPSA) is 69.6 Å². The summed E-state index contributed by atoms with van der Waals surface area (Å²) < 4.78 is 31.7. The second kappa shape index (κ2) is 6.70. The van der Waals surface area contributed by atoms with Gasteiger partial charge in [0.2, 0.25) is 0 Å². The zero-order chi connectivity index (χ0) is 11.1. The number of carboxylic acids is 1. The quantitative estimate of drug-likeness (QED) is 0.616. The van der Waals surface area contributed by atoms with Crippen molar-refractivity contribution < 1.29 is 28.3 Å². The number of halogens is 4. The number of carbonyl (C=O) groups is 1. The van der Waals surface area contributed by atoms with Gasteiger partial charge >= 0.3 is 12.1 Å². The summed E-state index contributed by atoms with van der Waals surface area (Å²) in [5.74, 6) is -2.76. The first-order valence-corrected chi connectivity index (χ1v) is 3.10. The smallest absolute Gasteiger partial charge is 0.475 e. The maximum atomic E-state index is 10.6. The minimum atomic E-state index is -5.08. The molecule has 0 aromatic carbocycles. The molecule has 0 aliphatic carbocycles. The molecule has 0 spiro atoms. The number of hydroxylamine groups is 1. The van der Waals surface area contributed by atoms with Gasteiger partial charge in [-0.05, 0) is 0 Å². The monoisotopic (exact) mass is 221 g/mol. The van der Waals surface area contributed by atoms with Crippen LogP contribution < -0.4 is 5.48 Å². The Labute approximate surface area is 76.6 Å². The van der Waals surface area contributed by atoms with Crippen LogP contribution in [0.3, 0.4) is 0 Å². The first-order chi connectivity index (χ1) is 5.71. The molecule has 13 heavy (non-hydrogen) atoms. The Morgan fingerprint density at radius 1 is 1.54 bits per heavy atom. The Bertz CT molecular complexity index is 182. The van der Waals surface area contributed by atoms with Crippen molar-refractivity contribution in [2.75, 3.05) is 6.54 Å². The summed E-state index contributed by atoms with van der Waals surface area (Å²) in [4.78, 5) is 8.90. The summed E-state index contributed by atoms with van der Waals surface area (Å²) in [5, 5.41) is 15.4. The van der Waals surface area contributed by atoms with Crippen LogP contribution in [0.25, 0.3) is 0 Å². The molecule has 0 fully saturated rings. The highest BCUT2D eigenvalue weighted by Crippen LogP contribution is 2.13. The van der Waals surface area contributed by atoms with Gasteiger partial charge in [0, 0.05) is 5.03 Å². The lowest BCUT2D eigenvalue weighted by Crippen LogP contribution is -2.21. The van der Waals surface area contributed by atoms with Gasteiger partial charge in [0.15, 0.2) is 0 Å². The summed E-state index contributed by atoms with van der Waals surface area (Å²) in [6, 6.07) is 0. The van der Waals surface area contributed by atoms with E-state index in [1.54, 1.807) is 0 Å². The predicted octanol–water partition coefficient (Wildman–Crippen LogP) is 1.35. The van der Waals surface area contributed by atoms with Gasteiger partial charge in [-0.15, -0.1) is 0 Å². The highest BCUT2D eigenvalue weighted by atomic mass is 35.5. The van der Waals surface area contributed by atoms with Crippen LogP contribution >= 0.6 is 11.6 Å². The molecule has 78 valence electrons. The number of hydrogen-bond acceptors (Lipinski definition) is 3. The second-order valence-corrected chi connectivity index (χ2v) is 2.19. The van der Waals surface area contributed by atoms with Gasteiger partial charge in [0.1, 0.15) is 0 Å². The number of nitrogens with one attached hydrogen (secondary N) is 1. The lowest BCUT2D eigenvalue weighted by molar-refractivity contribution is -0.192. The molecule has 0 aliphatic heterocycles. The van der Waals surface area contributed by atoms with E-state index >= 15 is 0 Å². The summed E-state index contributed by atoms with van der Waals surface area (Å²) in [6.07, 6.45) is -5.08. The van der Waals surface area contributed by atoms with Crippen LogP contribution in [-0.2, 0) is 4.79 Å². The molecule has 0 heterocycles. The largest absolute Gasteiger partial charge is 0.490 e. The van der Waals surface area contributed by atoms with Crippen molar-refractivity contribution in [1.29, 1.82) is 0 Å². The van der Waals surface area contributed by atoms with Gasteiger partial charge in [-0.2, -0.15) is 13.2 Å². The molecule has 0 rings (SSSR count). The van der Waals surface area contributed by atoms with Crippen molar-refractivity contribution in [3.63, 3.8) is 0 Å². The average molecular weight is 222 g/mol. The van der Waals surface area contributed by atoms with Crippen molar-refractivity contribution in [1.82, 2.24) is 5.48 Å². The van der Waals surface area contributed by atoms with Crippen LogP contribution in [0.1, 0.15) is 0 Å². The second-order valence-electron chi connectivity index (χ2n) is 1.66. The minimum Gasteiger partial charge on any atom is -0.475 e. The molecule has 8 heteroatoms. The van der Waals surface area contributed by atoms with Gasteiger partial charge in [-0.25, -0.2) is 10.3 Å².